The smallest absolute Gasteiger partial charge is 0.242 e. The molecule has 0 saturated carbocycles. The minimum Gasteiger partial charge on any atom is -0.356 e. The highest BCUT2D eigenvalue weighted by Crippen LogP contribution is 2.31. The lowest BCUT2D eigenvalue weighted by Gasteiger charge is -2.13. The molecule has 1 aromatic carbocycles. The molecular formula is C15H18FN3O2S. The Bertz CT molecular complexity index is 589. The Morgan fingerprint density at radius 3 is 2.64 bits per heavy atom. The van der Waals surface area contributed by atoms with Crippen molar-refractivity contribution in [3.05, 3.63) is 30.1 Å². The summed E-state index contributed by atoms with van der Waals surface area (Å²) in [5.74, 6) is -0.590. The third-order valence-corrected chi connectivity index (χ3v) is 4.31. The molecule has 1 aliphatic rings. The van der Waals surface area contributed by atoms with Gasteiger partial charge in [0.05, 0.1) is 5.69 Å². The zero-order valence-corrected chi connectivity index (χ0v) is 13.3. The topological polar surface area (TPSA) is 61.8 Å². The van der Waals surface area contributed by atoms with E-state index in [1.54, 1.807) is 17.0 Å². The van der Waals surface area contributed by atoms with Crippen molar-refractivity contribution in [3.63, 3.8) is 0 Å². The first kappa shape index (κ1) is 16.5. The number of aliphatic imine (C=N–C) groups is 1. The highest BCUT2D eigenvalue weighted by Gasteiger charge is 2.38. The van der Waals surface area contributed by atoms with Crippen molar-refractivity contribution in [1.82, 2.24) is 10.2 Å². The summed E-state index contributed by atoms with van der Waals surface area (Å²) in [7, 11) is 0. The van der Waals surface area contributed by atoms with Crippen LogP contribution in [-0.4, -0.2) is 40.2 Å². The average molecular weight is 323 g/mol. The van der Waals surface area contributed by atoms with Crippen molar-refractivity contribution in [2.75, 3.05) is 13.1 Å². The van der Waals surface area contributed by atoms with E-state index in [1.807, 2.05) is 13.8 Å². The van der Waals surface area contributed by atoms with Crippen LogP contribution in [0.1, 0.15) is 20.3 Å². The van der Waals surface area contributed by atoms with Gasteiger partial charge in [0.25, 0.3) is 0 Å². The van der Waals surface area contributed by atoms with Crippen LogP contribution in [0.4, 0.5) is 10.1 Å². The minimum atomic E-state index is -0.453. The Morgan fingerprint density at radius 1 is 1.36 bits per heavy atom. The number of halogens is 1. The first-order valence-corrected chi connectivity index (χ1v) is 8.02. The summed E-state index contributed by atoms with van der Waals surface area (Å²) in [5, 5.41) is 2.79. The molecule has 0 aliphatic carbocycles. The lowest BCUT2D eigenvalue weighted by Crippen LogP contribution is -2.34. The fraction of sp³-hybridized carbons (Fsp3) is 0.400. The van der Waals surface area contributed by atoms with E-state index in [4.69, 9.17) is 0 Å². The van der Waals surface area contributed by atoms with Gasteiger partial charge >= 0.3 is 0 Å². The van der Waals surface area contributed by atoms with Gasteiger partial charge in [-0.2, -0.15) is 0 Å². The van der Waals surface area contributed by atoms with Crippen LogP contribution in [0.5, 0.6) is 0 Å². The largest absolute Gasteiger partial charge is 0.356 e. The van der Waals surface area contributed by atoms with Gasteiger partial charge < -0.3 is 5.32 Å². The van der Waals surface area contributed by atoms with Crippen LogP contribution in [0, 0.1) is 5.82 Å². The molecule has 1 saturated heterocycles. The molecule has 0 aromatic heterocycles. The fourth-order valence-electron chi connectivity index (χ4n) is 2.08. The lowest BCUT2D eigenvalue weighted by atomic mass is 10.2. The number of hydrogen-bond donors (Lipinski definition) is 1. The molecule has 1 aromatic rings. The van der Waals surface area contributed by atoms with Gasteiger partial charge in [0, 0.05) is 19.5 Å². The SMILES string of the molecule is CCNC(=O)CC1SC(=Nc2ccc(F)cc2)N(CC)C1=O. The van der Waals surface area contributed by atoms with Crippen molar-refractivity contribution in [2.45, 2.75) is 25.5 Å². The van der Waals surface area contributed by atoms with Gasteiger partial charge in [-0.15, -0.1) is 0 Å². The molecule has 7 heteroatoms. The van der Waals surface area contributed by atoms with E-state index in [1.165, 1.54) is 23.9 Å². The molecule has 0 spiro atoms. The summed E-state index contributed by atoms with van der Waals surface area (Å²) in [6, 6.07) is 5.75. The number of amidine groups is 1. The van der Waals surface area contributed by atoms with E-state index >= 15 is 0 Å². The zero-order chi connectivity index (χ0) is 16.1. The molecule has 1 unspecified atom stereocenters. The molecule has 118 valence electrons. The molecular weight excluding hydrogens is 305 g/mol. The van der Waals surface area contributed by atoms with Gasteiger partial charge in [0.2, 0.25) is 11.8 Å². The Morgan fingerprint density at radius 2 is 2.05 bits per heavy atom. The standard InChI is InChI=1S/C15H18FN3O2S/c1-3-17-13(20)9-12-14(21)19(4-2)15(22-12)18-11-7-5-10(16)6-8-11/h5-8,12H,3-4,9H2,1-2H3,(H,17,20). The van der Waals surface area contributed by atoms with Crippen molar-refractivity contribution in [1.29, 1.82) is 0 Å². The van der Waals surface area contributed by atoms with Gasteiger partial charge in [-0.3, -0.25) is 14.5 Å². The Hall–Kier alpha value is -1.89. The highest BCUT2D eigenvalue weighted by atomic mass is 32.2. The normalized spacial score (nSPS) is 19.8. The molecule has 1 fully saturated rings. The molecule has 1 N–H and O–H groups in total. The van der Waals surface area contributed by atoms with Crippen LogP contribution >= 0.6 is 11.8 Å². The number of carbonyl (C=O) groups excluding carboxylic acids is 2. The first-order valence-electron chi connectivity index (χ1n) is 7.14. The molecule has 0 bridgehead atoms. The maximum Gasteiger partial charge on any atom is 0.242 e. The first-order chi connectivity index (χ1) is 10.5. The average Bonchev–Trinajstić information content (AvgIpc) is 2.77. The molecule has 0 radical (unpaired) electrons. The predicted molar refractivity (Wildman–Crippen MR) is 85.6 cm³/mol. The number of rotatable bonds is 5. The summed E-state index contributed by atoms with van der Waals surface area (Å²) >= 11 is 1.28. The van der Waals surface area contributed by atoms with Gasteiger partial charge in [-0.05, 0) is 38.1 Å². The Balaban J connectivity index is 2.16. The summed E-state index contributed by atoms with van der Waals surface area (Å²) in [5.41, 5.74) is 0.578. The van der Waals surface area contributed by atoms with Gasteiger partial charge in [-0.1, -0.05) is 11.8 Å². The summed E-state index contributed by atoms with van der Waals surface area (Å²) in [6.45, 7) is 4.71. The predicted octanol–water partition coefficient (Wildman–Crippen LogP) is 2.30. The van der Waals surface area contributed by atoms with Crippen molar-refractivity contribution >= 4 is 34.4 Å². The fourth-order valence-corrected chi connectivity index (χ4v) is 3.30. The van der Waals surface area contributed by atoms with Gasteiger partial charge in [0.15, 0.2) is 5.17 Å². The molecule has 22 heavy (non-hydrogen) atoms. The molecule has 2 rings (SSSR count). The number of amides is 2. The second-order valence-corrected chi connectivity index (χ2v) is 5.89. The van der Waals surface area contributed by atoms with E-state index in [9.17, 15) is 14.0 Å². The third-order valence-electron chi connectivity index (χ3n) is 3.13. The Kier molecular flexibility index (Phi) is 5.54. The zero-order valence-electron chi connectivity index (χ0n) is 12.5. The van der Waals surface area contributed by atoms with Crippen LogP contribution in [0.2, 0.25) is 0 Å². The van der Waals surface area contributed by atoms with Crippen LogP contribution < -0.4 is 5.32 Å². The number of hydrogen-bond acceptors (Lipinski definition) is 4. The monoisotopic (exact) mass is 323 g/mol. The van der Waals surface area contributed by atoms with E-state index in [2.05, 4.69) is 10.3 Å². The lowest BCUT2D eigenvalue weighted by molar-refractivity contribution is -0.129. The molecule has 1 heterocycles. The van der Waals surface area contributed by atoms with Crippen molar-refractivity contribution in [3.8, 4) is 0 Å². The van der Waals surface area contributed by atoms with Crippen LogP contribution in [0.15, 0.2) is 29.3 Å². The highest BCUT2D eigenvalue weighted by molar-refractivity contribution is 8.15. The number of nitrogens with one attached hydrogen (secondary N) is 1. The summed E-state index contributed by atoms with van der Waals surface area (Å²) < 4.78 is 12.9. The molecule has 1 aliphatic heterocycles. The van der Waals surface area contributed by atoms with Crippen LogP contribution in [-0.2, 0) is 9.59 Å². The third kappa shape index (κ3) is 3.85. The Labute approximate surface area is 133 Å². The van der Waals surface area contributed by atoms with E-state index in [0.29, 0.717) is 23.9 Å². The number of carbonyl (C=O) groups is 2. The molecule has 5 nitrogen and oxygen atoms in total. The summed E-state index contributed by atoms with van der Waals surface area (Å²) in [4.78, 5) is 29.9. The molecule has 1 atom stereocenters. The van der Waals surface area contributed by atoms with Crippen molar-refractivity contribution < 1.29 is 14.0 Å². The maximum atomic E-state index is 12.9. The number of nitrogens with zero attached hydrogens (tertiary/aromatic N) is 2. The van der Waals surface area contributed by atoms with E-state index in [0.717, 1.165) is 0 Å². The molecule has 2 amide bonds. The van der Waals surface area contributed by atoms with Crippen molar-refractivity contribution in [2.24, 2.45) is 4.99 Å². The second kappa shape index (κ2) is 7.40. The van der Waals surface area contributed by atoms with Crippen LogP contribution in [0.3, 0.4) is 0 Å². The maximum absolute atomic E-state index is 12.9. The van der Waals surface area contributed by atoms with E-state index < -0.39 is 5.25 Å². The minimum absolute atomic E-state index is 0.111. The van der Waals surface area contributed by atoms with E-state index in [-0.39, 0.29) is 24.1 Å². The second-order valence-electron chi connectivity index (χ2n) is 4.72. The summed E-state index contributed by atoms with van der Waals surface area (Å²) in [6.07, 6.45) is 0.135. The number of benzene rings is 1. The number of thioether (sulfide) groups is 1. The van der Waals surface area contributed by atoms with Gasteiger partial charge in [0.1, 0.15) is 11.1 Å². The quantitative estimate of drug-likeness (QED) is 0.904. The van der Waals surface area contributed by atoms with Gasteiger partial charge in [-0.25, -0.2) is 9.38 Å². The van der Waals surface area contributed by atoms with Crippen LogP contribution in [0.25, 0.3) is 0 Å².